The second-order valence-corrected chi connectivity index (χ2v) is 6.43. The molecule has 138 valence electrons. The van der Waals surface area contributed by atoms with Crippen molar-refractivity contribution in [1.82, 2.24) is 14.9 Å². The van der Waals surface area contributed by atoms with Crippen molar-refractivity contribution >= 4 is 5.91 Å². The summed E-state index contributed by atoms with van der Waals surface area (Å²) in [6.45, 7) is 3.97. The van der Waals surface area contributed by atoms with E-state index in [1.807, 2.05) is 32.0 Å². The summed E-state index contributed by atoms with van der Waals surface area (Å²) in [4.78, 5) is 27.0. The Hall–Kier alpha value is -3.48. The van der Waals surface area contributed by atoms with Crippen molar-refractivity contribution in [1.29, 1.82) is 0 Å². The number of nitrogens with one attached hydrogen (secondary N) is 2. The van der Waals surface area contributed by atoms with E-state index < -0.39 is 0 Å². The zero-order chi connectivity index (χ0) is 19.0. The van der Waals surface area contributed by atoms with Gasteiger partial charge in [-0.05, 0) is 55.8 Å². The van der Waals surface area contributed by atoms with E-state index in [2.05, 4.69) is 10.3 Å². The van der Waals surface area contributed by atoms with E-state index in [1.165, 1.54) is 0 Å². The van der Waals surface area contributed by atoms with Gasteiger partial charge >= 0.3 is 5.69 Å². The molecule has 0 saturated heterocycles. The van der Waals surface area contributed by atoms with Crippen molar-refractivity contribution in [3.8, 4) is 17.2 Å². The lowest BCUT2D eigenvalue weighted by molar-refractivity contribution is 0.0940. The summed E-state index contributed by atoms with van der Waals surface area (Å²) >= 11 is 0. The fraction of sp³-hybridized carbons (Fsp3) is 0.200. The van der Waals surface area contributed by atoms with E-state index in [1.54, 1.807) is 35.0 Å². The van der Waals surface area contributed by atoms with Gasteiger partial charge in [-0.3, -0.25) is 9.36 Å². The Labute approximate surface area is 155 Å². The molecule has 1 unspecified atom stereocenters. The third-order valence-corrected chi connectivity index (χ3v) is 4.59. The van der Waals surface area contributed by atoms with Gasteiger partial charge in [0.2, 0.25) is 6.79 Å². The molecule has 0 fully saturated rings. The highest BCUT2D eigenvalue weighted by molar-refractivity contribution is 5.94. The third-order valence-electron chi connectivity index (χ3n) is 4.59. The van der Waals surface area contributed by atoms with Crippen LogP contribution in [-0.4, -0.2) is 22.3 Å². The molecule has 1 amide bonds. The summed E-state index contributed by atoms with van der Waals surface area (Å²) in [6, 6.07) is 12.3. The molecule has 3 aromatic rings. The monoisotopic (exact) mass is 365 g/mol. The number of fused-ring (bicyclic) bond motifs is 1. The van der Waals surface area contributed by atoms with Crippen molar-refractivity contribution in [3.63, 3.8) is 0 Å². The van der Waals surface area contributed by atoms with Gasteiger partial charge in [-0.25, -0.2) is 4.79 Å². The largest absolute Gasteiger partial charge is 0.454 e. The lowest BCUT2D eigenvalue weighted by Crippen LogP contribution is -2.26. The van der Waals surface area contributed by atoms with E-state index in [9.17, 15) is 9.59 Å². The zero-order valence-corrected chi connectivity index (χ0v) is 15.0. The lowest BCUT2D eigenvalue weighted by Gasteiger charge is -2.15. The molecule has 27 heavy (non-hydrogen) atoms. The molecule has 1 aromatic heterocycles. The average Bonchev–Trinajstić information content (AvgIpc) is 3.27. The predicted octanol–water partition coefficient (Wildman–Crippen LogP) is 2.69. The van der Waals surface area contributed by atoms with Crippen molar-refractivity contribution in [2.75, 3.05) is 6.79 Å². The minimum absolute atomic E-state index is 0.190. The number of rotatable bonds is 4. The summed E-state index contributed by atoms with van der Waals surface area (Å²) < 4.78 is 12.2. The number of aryl methyl sites for hydroxylation is 1. The van der Waals surface area contributed by atoms with Crippen LogP contribution < -0.4 is 20.5 Å². The number of H-pyrrole nitrogens is 1. The van der Waals surface area contributed by atoms with Crippen LogP contribution in [0.5, 0.6) is 11.5 Å². The van der Waals surface area contributed by atoms with Crippen LogP contribution in [0, 0.1) is 6.92 Å². The number of ether oxygens (including phenoxy) is 2. The summed E-state index contributed by atoms with van der Waals surface area (Å²) in [5, 5.41) is 2.97. The minimum atomic E-state index is -0.207. The average molecular weight is 365 g/mol. The number of aromatic amines is 1. The van der Waals surface area contributed by atoms with Crippen molar-refractivity contribution in [2.24, 2.45) is 0 Å². The standard InChI is InChI=1S/C20H19N3O4/c1-12-10-21-20(25)23(12)16-6-3-14(4-7-16)19(24)22-13(2)15-5-8-17-18(9-15)27-11-26-17/h3-10,13H,11H2,1-2H3,(H,21,25)(H,22,24). The van der Waals surface area contributed by atoms with Crippen LogP contribution in [0.15, 0.2) is 53.5 Å². The van der Waals surface area contributed by atoms with Gasteiger partial charge in [0.15, 0.2) is 11.5 Å². The highest BCUT2D eigenvalue weighted by Crippen LogP contribution is 2.34. The number of imidazole rings is 1. The van der Waals surface area contributed by atoms with Crippen LogP contribution in [-0.2, 0) is 0 Å². The quantitative estimate of drug-likeness (QED) is 0.744. The van der Waals surface area contributed by atoms with E-state index in [4.69, 9.17) is 9.47 Å². The second kappa shape index (κ2) is 6.68. The number of nitrogens with zero attached hydrogens (tertiary/aromatic N) is 1. The first kappa shape index (κ1) is 17.0. The first-order valence-electron chi connectivity index (χ1n) is 8.61. The van der Waals surface area contributed by atoms with Gasteiger partial charge < -0.3 is 19.8 Å². The van der Waals surface area contributed by atoms with Crippen LogP contribution in [0.25, 0.3) is 5.69 Å². The number of carbonyl (C=O) groups excluding carboxylic acids is 1. The van der Waals surface area contributed by atoms with Crippen molar-refractivity contribution < 1.29 is 14.3 Å². The molecular weight excluding hydrogens is 346 g/mol. The van der Waals surface area contributed by atoms with Gasteiger partial charge in [0.05, 0.1) is 11.7 Å². The molecule has 1 atom stereocenters. The Morgan fingerprint density at radius 1 is 1.15 bits per heavy atom. The maximum Gasteiger partial charge on any atom is 0.330 e. The van der Waals surface area contributed by atoms with Gasteiger partial charge in [0.1, 0.15) is 0 Å². The molecule has 4 rings (SSSR count). The Morgan fingerprint density at radius 2 is 1.89 bits per heavy atom. The smallest absolute Gasteiger partial charge is 0.330 e. The molecule has 0 saturated carbocycles. The molecule has 2 N–H and O–H groups in total. The lowest BCUT2D eigenvalue weighted by atomic mass is 10.1. The number of hydrogen-bond donors (Lipinski definition) is 2. The molecule has 7 nitrogen and oxygen atoms in total. The summed E-state index contributed by atoms with van der Waals surface area (Å²) in [6.07, 6.45) is 1.65. The van der Waals surface area contributed by atoms with Crippen molar-refractivity contribution in [2.45, 2.75) is 19.9 Å². The minimum Gasteiger partial charge on any atom is -0.454 e. The highest BCUT2D eigenvalue weighted by atomic mass is 16.7. The predicted molar refractivity (Wildman–Crippen MR) is 99.6 cm³/mol. The van der Waals surface area contributed by atoms with Gasteiger partial charge in [-0.15, -0.1) is 0 Å². The Balaban J connectivity index is 1.49. The molecule has 0 radical (unpaired) electrons. The normalized spacial score (nSPS) is 13.4. The topological polar surface area (TPSA) is 85.4 Å². The summed E-state index contributed by atoms with van der Waals surface area (Å²) in [5.74, 6) is 1.21. The van der Waals surface area contributed by atoms with E-state index in [0.29, 0.717) is 22.7 Å². The van der Waals surface area contributed by atoms with E-state index in [0.717, 1.165) is 11.3 Å². The number of amides is 1. The molecule has 7 heteroatoms. The summed E-state index contributed by atoms with van der Waals surface area (Å²) in [7, 11) is 0. The molecule has 0 spiro atoms. The van der Waals surface area contributed by atoms with Gasteiger partial charge in [0.25, 0.3) is 5.91 Å². The van der Waals surface area contributed by atoms with Crippen LogP contribution in [0.3, 0.4) is 0 Å². The van der Waals surface area contributed by atoms with E-state index >= 15 is 0 Å². The van der Waals surface area contributed by atoms with Gasteiger partial charge in [-0.2, -0.15) is 0 Å². The Morgan fingerprint density at radius 3 is 2.59 bits per heavy atom. The van der Waals surface area contributed by atoms with E-state index in [-0.39, 0.29) is 24.4 Å². The van der Waals surface area contributed by atoms with Crippen LogP contribution in [0.1, 0.15) is 34.6 Å². The molecule has 1 aliphatic heterocycles. The number of benzene rings is 2. The molecule has 2 aromatic carbocycles. The molecule has 1 aliphatic rings. The fourth-order valence-electron chi connectivity index (χ4n) is 3.08. The summed E-state index contributed by atoms with van der Waals surface area (Å²) in [5.41, 5.74) is 2.75. The van der Waals surface area contributed by atoms with Crippen LogP contribution in [0.2, 0.25) is 0 Å². The molecule has 0 bridgehead atoms. The Kier molecular flexibility index (Phi) is 4.19. The maximum atomic E-state index is 12.6. The van der Waals surface area contributed by atoms with Crippen molar-refractivity contribution in [3.05, 3.63) is 76.0 Å². The highest BCUT2D eigenvalue weighted by Gasteiger charge is 2.17. The molecular formula is C20H19N3O4. The fourth-order valence-corrected chi connectivity index (χ4v) is 3.08. The van der Waals surface area contributed by atoms with Gasteiger partial charge in [0, 0.05) is 17.5 Å². The zero-order valence-electron chi connectivity index (χ0n) is 15.0. The number of aromatic nitrogens is 2. The van der Waals surface area contributed by atoms with Crippen LogP contribution >= 0.6 is 0 Å². The molecule has 2 heterocycles. The first-order chi connectivity index (χ1) is 13.0. The van der Waals surface area contributed by atoms with Crippen LogP contribution in [0.4, 0.5) is 0 Å². The number of hydrogen-bond acceptors (Lipinski definition) is 4. The third kappa shape index (κ3) is 3.19. The second-order valence-electron chi connectivity index (χ2n) is 6.43. The van der Waals surface area contributed by atoms with Gasteiger partial charge in [-0.1, -0.05) is 6.07 Å². The maximum absolute atomic E-state index is 12.6. The number of carbonyl (C=O) groups is 1. The molecule has 0 aliphatic carbocycles. The first-order valence-corrected chi connectivity index (χ1v) is 8.61. The SMILES string of the molecule is Cc1c[nH]c(=O)n1-c1ccc(C(=O)NC(C)c2ccc3c(c2)OCO3)cc1. The Bertz CT molecular complexity index is 1050.